The van der Waals surface area contributed by atoms with Gasteiger partial charge in [0.1, 0.15) is 5.01 Å². The van der Waals surface area contributed by atoms with Crippen molar-refractivity contribution in [2.24, 2.45) is 0 Å². The topological polar surface area (TPSA) is 24.9 Å². The van der Waals surface area contributed by atoms with Crippen LogP contribution in [0.15, 0.2) is 0 Å². The summed E-state index contributed by atoms with van der Waals surface area (Å²) in [6.45, 7) is 3.07. The molecule has 1 aliphatic rings. The molecule has 0 radical (unpaired) electrons. The first-order valence-electron chi connectivity index (χ1n) is 5.42. The van der Waals surface area contributed by atoms with Gasteiger partial charge in [0, 0.05) is 11.4 Å². The Morgan fingerprint density at radius 3 is 2.79 bits per heavy atom. The smallest absolute Gasteiger partial charge is 0.107 e. The maximum Gasteiger partial charge on any atom is 0.107 e. The number of nitrogens with one attached hydrogen (secondary N) is 1. The van der Waals surface area contributed by atoms with Crippen molar-refractivity contribution in [2.45, 2.75) is 45.1 Å². The first-order valence-corrected chi connectivity index (χ1v) is 6.23. The van der Waals surface area contributed by atoms with Gasteiger partial charge in [-0.1, -0.05) is 12.8 Å². The highest BCUT2D eigenvalue weighted by Gasteiger charge is 2.21. The maximum atomic E-state index is 4.60. The van der Waals surface area contributed by atoms with Gasteiger partial charge in [0.05, 0.1) is 5.69 Å². The van der Waals surface area contributed by atoms with Crippen LogP contribution < -0.4 is 5.32 Å². The number of thiazole rings is 1. The first-order chi connectivity index (χ1) is 6.81. The molecule has 0 unspecified atom stereocenters. The van der Waals surface area contributed by atoms with Crippen LogP contribution in [0.1, 0.15) is 47.2 Å². The lowest BCUT2D eigenvalue weighted by molar-refractivity contribution is 0.729. The SMILES string of the molecule is CNCc1nc(C)c(C2CCCC2)s1. The number of aromatic nitrogens is 1. The monoisotopic (exact) mass is 210 g/mol. The fourth-order valence-electron chi connectivity index (χ4n) is 2.26. The van der Waals surface area contributed by atoms with Gasteiger partial charge in [0.2, 0.25) is 0 Å². The fraction of sp³-hybridized carbons (Fsp3) is 0.727. The zero-order chi connectivity index (χ0) is 9.97. The molecule has 1 heterocycles. The summed E-state index contributed by atoms with van der Waals surface area (Å²) in [7, 11) is 1.98. The van der Waals surface area contributed by atoms with E-state index >= 15 is 0 Å². The molecule has 1 aromatic rings. The van der Waals surface area contributed by atoms with Gasteiger partial charge in [0.15, 0.2) is 0 Å². The quantitative estimate of drug-likeness (QED) is 0.830. The minimum Gasteiger partial charge on any atom is -0.314 e. The molecule has 0 bridgehead atoms. The largest absolute Gasteiger partial charge is 0.314 e. The predicted molar refractivity (Wildman–Crippen MR) is 60.8 cm³/mol. The summed E-state index contributed by atoms with van der Waals surface area (Å²) in [5, 5.41) is 4.41. The lowest BCUT2D eigenvalue weighted by atomic mass is 10.1. The molecule has 14 heavy (non-hydrogen) atoms. The third-order valence-electron chi connectivity index (χ3n) is 2.93. The van der Waals surface area contributed by atoms with E-state index in [9.17, 15) is 0 Å². The van der Waals surface area contributed by atoms with Crippen LogP contribution in [0.4, 0.5) is 0 Å². The number of nitrogens with zero attached hydrogens (tertiary/aromatic N) is 1. The summed E-state index contributed by atoms with van der Waals surface area (Å²) in [5.74, 6) is 0.818. The summed E-state index contributed by atoms with van der Waals surface area (Å²) >= 11 is 1.91. The zero-order valence-electron chi connectivity index (χ0n) is 8.97. The average molecular weight is 210 g/mol. The van der Waals surface area contributed by atoms with Crippen molar-refractivity contribution in [2.75, 3.05) is 7.05 Å². The molecule has 1 saturated carbocycles. The third kappa shape index (κ3) is 1.98. The van der Waals surface area contributed by atoms with E-state index in [0.29, 0.717) is 0 Å². The average Bonchev–Trinajstić information content (AvgIpc) is 2.74. The third-order valence-corrected chi connectivity index (χ3v) is 4.25. The molecule has 1 aromatic heterocycles. The molecule has 1 N–H and O–H groups in total. The summed E-state index contributed by atoms with van der Waals surface area (Å²) < 4.78 is 0. The Kier molecular flexibility index (Phi) is 3.19. The normalized spacial score (nSPS) is 17.9. The van der Waals surface area contributed by atoms with Crippen LogP contribution in [0.2, 0.25) is 0 Å². The van der Waals surface area contributed by atoms with E-state index < -0.39 is 0 Å². The van der Waals surface area contributed by atoms with Crippen LogP contribution in [0, 0.1) is 6.92 Å². The van der Waals surface area contributed by atoms with E-state index in [1.165, 1.54) is 36.4 Å². The second-order valence-corrected chi connectivity index (χ2v) is 5.18. The lowest BCUT2D eigenvalue weighted by Gasteiger charge is -2.05. The molecular formula is C11H18N2S. The molecule has 1 aliphatic carbocycles. The van der Waals surface area contributed by atoms with E-state index in [0.717, 1.165) is 12.5 Å². The van der Waals surface area contributed by atoms with Crippen LogP contribution in [-0.2, 0) is 6.54 Å². The van der Waals surface area contributed by atoms with Crippen LogP contribution >= 0.6 is 11.3 Å². The molecule has 0 amide bonds. The Labute approximate surface area is 89.8 Å². The van der Waals surface area contributed by atoms with Crippen molar-refractivity contribution < 1.29 is 0 Å². The fourth-order valence-corrected chi connectivity index (χ4v) is 3.51. The van der Waals surface area contributed by atoms with E-state index in [-0.39, 0.29) is 0 Å². The first kappa shape index (κ1) is 10.1. The van der Waals surface area contributed by atoms with Gasteiger partial charge >= 0.3 is 0 Å². The van der Waals surface area contributed by atoms with E-state index in [2.05, 4.69) is 17.2 Å². The Bertz CT molecular complexity index is 300. The van der Waals surface area contributed by atoms with Gasteiger partial charge in [-0.15, -0.1) is 11.3 Å². The molecule has 0 aromatic carbocycles. The lowest BCUT2D eigenvalue weighted by Crippen LogP contribution is -2.04. The second kappa shape index (κ2) is 4.41. The molecule has 2 rings (SSSR count). The van der Waals surface area contributed by atoms with Gasteiger partial charge < -0.3 is 5.32 Å². The summed E-state index contributed by atoms with van der Waals surface area (Å²) in [5.41, 5.74) is 1.27. The Hall–Kier alpha value is -0.410. The van der Waals surface area contributed by atoms with Crippen molar-refractivity contribution in [3.8, 4) is 0 Å². The summed E-state index contributed by atoms with van der Waals surface area (Å²) in [6.07, 6.45) is 5.57. The molecule has 0 saturated heterocycles. The van der Waals surface area contributed by atoms with Crippen LogP contribution in [0.5, 0.6) is 0 Å². The zero-order valence-corrected chi connectivity index (χ0v) is 9.78. The Morgan fingerprint density at radius 1 is 1.43 bits per heavy atom. The molecule has 0 atom stereocenters. The van der Waals surface area contributed by atoms with Gasteiger partial charge in [-0.2, -0.15) is 0 Å². The highest BCUT2D eigenvalue weighted by Crippen LogP contribution is 2.38. The summed E-state index contributed by atoms with van der Waals surface area (Å²) in [4.78, 5) is 6.15. The minimum atomic E-state index is 0.818. The molecule has 0 spiro atoms. The van der Waals surface area contributed by atoms with E-state index in [1.807, 2.05) is 18.4 Å². The number of rotatable bonds is 3. The van der Waals surface area contributed by atoms with Crippen molar-refractivity contribution >= 4 is 11.3 Å². The van der Waals surface area contributed by atoms with Crippen molar-refractivity contribution in [1.82, 2.24) is 10.3 Å². The molecule has 0 aliphatic heterocycles. The van der Waals surface area contributed by atoms with E-state index in [4.69, 9.17) is 0 Å². The van der Waals surface area contributed by atoms with Crippen LogP contribution in [0.25, 0.3) is 0 Å². The maximum absolute atomic E-state index is 4.60. The van der Waals surface area contributed by atoms with Crippen molar-refractivity contribution in [1.29, 1.82) is 0 Å². The van der Waals surface area contributed by atoms with Gasteiger partial charge in [-0.3, -0.25) is 0 Å². The van der Waals surface area contributed by atoms with Gasteiger partial charge in [0.25, 0.3) is 0 Å². The molecule has 2 nitrogen and oxygen atoms in total. The Morgan fingerprint density at radius 2 is 2.14 bits per heavy atom. The molecular weight excluding hydrogens is 192 g/mol. The van der Waals surface area contributed by atoms with Crippen molar-refractivity contribution in [3.63, 3.8) is 0 Å². The minimum absolute atomic E-state index is 0.818. The highest BCUT2D eigenvalue weighted by molar-refractivity contribution is 7.11. The molecule has 1 fully saturated rings. The number of hydrogen-bond acceptors (Lipinski definition) is 3. The van der Waals surface area contributed by atoms with E-state index in [1.54, 1.807) is 4.88 Å². The standard InChI is InChI=1S/C11H18N2S/c1-8-11(9-5-3-4-6-9)14-10(13-8)7-12-2/h9,12H,3-7H2,1-2H3. The predicted octanol–water partition coefficient (Wildman–Crippen LogP) is 2.83. The van der Waals surface area contributed by atoms with Gasteiger partial charge in [-0.05, 0) is 32.7 Å². The summed E-state index contributed by atoms with van der Waals surface area (Å²) in [6, 6.07) is 0. The number of hydrogen-bond donors (Lipinski definition) is 1. The van der Waals surface area contributed by atoms with Crippen LogP contribution in [-0.4, -0.2) is 12.0 Å². The van der Waals surface area contributed by atoms with Gasteiger partial charge in [-0.25, -0.2) is 4.98 Å². The highest BCUT2D eigenvalue weighted by atomic mass is 32.1. The number of aryl methyl sites for hydroxylation is 1. The van der Waals surface area contributed by atoms with Crippen molar-refractivity contribution in [3.05, 3.63) is 15.6 Å². The molecule has 3 heteroatoms. The second-order valence-electron chi connectivity index (χ2n) is 4.07. The Balaban J connectivity index is 2.15. The molecule has 78 valence electrons. The van der Waals surface area contributed by atoms with Crippen LogP contribution in [0.3, 0.4) is 0 Å².